The number of benzene rings is 2. The minimum Gasteiger partial charge on any atom is -0.344 e. The molecule has 5 rings (SSSR count). The van der Waals surface area contributed by atoms with Crippen molar-refractivity contribution in [2.24, 2.45) is 0 Å². The highest BCUT2D eigenvalue weighted by Crippen LogP contribution is 2.25. The second kappa shape index (κ2) is 8.43. The Kier molecular flexibility index (Phi) is 5.33. The third kappa shape index (κ3) is 3.61. The number of nitrogens with zero attached hydrogens (tertiary/aromatic N) is 3. The Balaban J connectivity index is 1.49. The fourth-order valence-electron chi connectivity index (χ4n) is 4.03. The van der Waals surface area contributed by atoms with Crippen LogP contribution >= 0.6 is 11.3 Å². The molecule has 0 aliphatic carbocycles. The van der Waals surface area contributed by atoms with Crippen molar-refractivity contribution in [3.63, 3.8) is 0 Å². The van der Waals surface area contributed by atoms with Crippen molar-refractivity contribution >= 4 is 33.0 Å². The van der Waals surface area contributed by atoms with E-state index in [1.807, 2.05) is 89.5 Å². The number of amides is 1. The molecular weight excluding hydrogens is 420 g/mol. The van der Waals surface area contributed by atoms with Gasteiger partial charge in [0.1, 0.15) is 22.7 Å². The number of carbonyl (C=O) groups is 1. The van der Waals surface area contributed by atoms with Gasteiger partial charge in [0.2, 0.25) is 5.91 Å². The van der Waals surface area contributed by atoms with Gasteiger partial charge in [0.15, 0.2) is 0 Å². The molecular formula is C25H22N4O2S. The summed E-state index contributed by atoms with van der Waals surface area (Å²) in [5.74, 6) is 0.490. The monoisotopic (exact) mass is 442 g/mol. The van der Waals surface area contributed by atoms with Crippen LogP contribution in [0.25, 0.3) is 15.7 Å². The Morgan fingerprint density at radius 3 is 2.31 bits per heavy atom. The lowest BCUT2D eigenvalue weighted by Crippen LogP contribution is -2.37. The summed E-state index contributed by atoms with van der Waals surface area (Å²) < 4.78 is 3.19. The fraction of sp³-hybridized carbons (Fsp3) is 0.160. The van der Waals surface area contributed by atoms with Gasteiger partial charge in [-0.05, 0) is 28.6 Å². The van der Waals surface area contributed by atoms with Crippen LogP contribution in [-0.4, -0.2) is 20.1 Å². The summed E-state index contributed by atoms with van der Waals surface area (Å²) in [7, 11) is 0. The lowest BCUT2D eigenvalue weighted by atomic mass is 9.99. The Morgan fingerprint density at radius 2 is 1.69 bits per heavy atom. The summed E-state index contributed by atoms with van der Waals surface area (Å²) in [6.45, 7) is 1.86. The molecule has 0 fully saturated rings. The summed E-state index contributed by atoms with van der Waals surface area (Å²) in [4.78, 5) is 27.2. The van der Waals surface area contributed by atoms with Crippen molar-refractivity contribution in [1.29, 1.82) is 0 Å². The molecule has 5 aromatic rings. The fourth-order valence-corrected chi connectivity index (χ4v) is 4.94. The first-order valence-electron chi connectivity index (χ1n) is 10.5. The van der Waals surface area contributed by atoms with Gasteiger partial charge in [0, 0.05) is 11.8 Å². The summed E-state index contributed by atoms with van der Waals surface area (Å²) in [5, 5.41) is 10.6. The number of hydrogen-bond acceptors (Lipinski definition) is 4. The highest BCUT2D eigenvalue weighted by atomic mass is 32.1. The minimum absolute atomic E-state index is 0.142. The van der Waals surface area contributed by atoms with E-state index in [0.717, 1.165) is 27.2 Å². The van der Waals surface area contributed by atoms with E-state index in [2.05, 4.69) is 10.4 Å². The van der Waals surface area contributed by atoms with E-state index in [0.29, 0.717) is 11.9 Å². The average Bonchev–Trinajstić information content (AvgIpc) is 3.43. The highest BCUT2D eigenvalue weighted by molar-refractivity contribution is 7.16. The first-order chi connectivity index (χ1) is 15.7. The molecule has 0 spiro atoms. The number of aromatic nitrogens is 3. The summed E-state index contributed by atoms with van der Waals surface area (Å²) in [6.07, 6.45) is 0.650. The normalized spacial score (nSPS) is 11.4. The molecule has 0 aliphatic heterocycles. The number of aryl methyl sites for hydroxylation is 1. The van der Waals surface area contributed by atoms with Gasteiger partial charge >= 0.3 is 0 Å². The largest absolute Gasteiger partial charge is 0.344 e. The van der Waals surface area contributed by atoms with E-state index in [4.69, 9.17) is 0 Å². The second-order valence-electron chi connectivity index (χ2n) is 7.60. The molecule has 0 unspecified atom stereocenters. The predicted octanol–water partition coefficient (Wildman–Crippen LogP) is 4.18. The van der Waals surface area contributed by atoms with Crippen LogP contribution in [0.1, 0.15) is 29.9 Å². The Labute approximate surface area is 188 Å². The topological polar surface area (TPSA) is 68.4 Å². The maximum absolute atomic E-state index is 13.1. The molecule has 32 heavy (non-hydrogen) atoms. The van der Waals surface area contributed by atoms with E-state index in [9.17, 15) is 9.59 Å². The zero-order valence-electron chi connectivity index (χ0n) is 17.6. The minimum atomic E-state index is -0.311. The molecule has 0 bridgehead atoms. The van der Waals surface area contributed by atoms with E-state index in [1.165, 1.54) is 4.68 Å². The first kappa shape index (κ1) is 20.2. The molecule has 2 aromatic carbocycles. The lowest BCUT2D eigenvalue weighted by molar-refractivity contribution is -0.122. The molecule has 6 nitrogen and oxygen atoms in total. The van der Waals surface area contributed by atoms with Crippen LogP contribution in [0, 0.1) is 0 Å². The average molecular weight is 443 g/mol. The van der Waals surface area contributed by atoms with Crippen LogP contribution in [-0.2, 0) is 17.8 Å². The van der Waals surface area contributed by atoms with Crippen molar-refractivity contribution < 1.29 is 4.79 Å². The Morgan fingerprint density at radius 1 is 1.03 bits per heavy atom. The van der Waals surface area contributed by atoms with E-state index >= 15 is 0 Å². The number of hydrogen-bond donors (Lipinski definition) is 1. The van der Waals surface area contributed by atoms with E-state index < -0.39 is 0 Å². The van der Waals surface area contributed by atoms with Gasteiger partial charge < -0.3 is 5.32 Å². The number of rotatable bonds is 6. The van der Waals surface area contributed by atoms with Gasteiger partial charge in [-0.25, -0.2) is 4.68 Å². The second-order valence-corrected chi connectivity index (χ2v) is 8.50. The van der Waals surface area contributed by atoms with Crippen LogP contribution in [0.4, 0.5) is 0 Å². The zero-order valence-corrected chi connectivity index (χ0v) is 18.4. The molecule has 0 aliphatic rings. The maximum atomic E-state index is 13.1. The number of carbonyl (C=O) groups excluding carboxylic acids is 1. The van der Waals surface area contributed by atoms with Crippen molar-refractivity contribution in [1.82, 2.24) is 19.5 Å². The van der Waals surface area contributed by atoms with Crippen LogP contribution in [0.2, 0.25) is 0 Å². The zero-order chi connectivity index (χ0) is 22.1. The molecule has 160 valence electrons. The van der Waals surface area contributed by atoms with Crippen molar-refractivity contribution in [3.8, 4) is 0 Å². The molecule has 0 saturated carbocycles. The number of nitrogens with one attached hydrogen (secondary N) is 1. The van der Waals surface area contributed by atoms with Gasteiger partial charge in [-0.3, -0.25) is 14.0 Å². The van der Waals surface area contributed by atoms with Gasteiger partial charge in [0.05, 0.1) is 6.04 Å². The molecule has 0 atom stereocenters. The van der Waals surface area contributed by atoms with Crippen LogP contribution < -0.4 is 10.9 Å². The van der Waals surface area contributed by atoms with Crippen molar-refractivity contribution in [3.05, 3.63) is 105 Å². The molecule has 7 heteroatoms. The molecule has 0 radical (unpaired) electrons. The standard InChI is InChI=1S/C25H22N4O2S/c1-2-21-27-28(24(31)20-15-19-13-14-32-25(19)29(20)21)16-22(30)26-23(17-9-5-3-6-10-17)18-11-7-4-8-12-18/h3-15,23H,2,16H2,1H3,(H,26,30). The molecule has 1 N–H and O–H groups in total. The van der Waals surface area contributed by atoms with Crippen LogP contribution in [0.5, 0.6) is 0 Å². The van der Waals surface area contributed by atoms with Crippen LogP contribution in [0.15, 0.2) is 83.0 Å². The van der Waals surface area contributed by atoms with E-state index in [-0.39, 0.29) is 24.1 Å². The van der Waals surface area contributed by atoms with Crippen LogP contribution in [0.3, 0.4) is 0 Å². The van der Waals surface area contributed by atoms with Crippen molar-refractivity contribution in [2.75, 3.05) is 0 Å². The molecule has 0 saturated heterocycles. The predicted molar refractivity (Wildman–Crippen MR) is 127 cm³/mol. The van der Waals surface area contributed by atoms with Gasteiger partial charge in [-0.2, -0.15) is 5.10 Å². The van der Waals surface area contributed by atoms with Gasteiger partial charge in [0.25, 0.3) is 5.56 Å². The quantitative estimate of drug-likeness (QED) is 0.429. The number of thiophene rings is 1. The summed E-state index contributed by atoms with van der Waals surface area (Å²) in [5.41, 5.74) is 2.23. The Bertz CT molecular complexity index is 1410. The smallest absolute Gasteiger partial charge is 0.291 e. The maximum Gasteiger partial charge on any atom is 0.291 e. The third-order valence-electron chi connectivity index (χ3n) is 5.54. The van der Waals surface area contributed by atoms with E-state index in [1.54, 1.807) is 11.3 Å². The molecule has 3 heterocycles. The van der Waals surface area contributed by atoms with Crippen molar-refractivity contribution in [2.45, 2.75) is 25.9 Å². The lowest BCUT2D eigenvalue weighted by Gasteiger charge is -2.20. The van der Waals surface area contributed by atoms with Gasteiger partial charge in [-0.1, -0.05) is 67.6 Å². The highest BCUT2D eigenvalue weighted by Gasteiger charge is 2.19. The SMILES string of the molecule is CCc1nn(CC(=O)NC(c2ccccc2)c2ccccc2)c(=O)c2cc3ccsc3n12. The summed E-state index contributed by atoms with van der Waals surface area (Å²) in [6, 6.07) is 23.2. The third-order valence-corrected chi connectivity index (χ3v) is 6.45. The molecule has 1 amide bonds. The first-order valence-corrected chi connectivity index (χ1v) is 11.4. The Hall–Kier alpha value is -3.71. The summed E-state index contributed by atoms with van der Waals surface area (Å²) >= 11 is 1.58. The van der Waals surface area contributed by atoms with Gasteiger partial charge in [-0.15, -0.1) is 11.3 Å². The molecule has 3 aromatic heterocycles. The number of fused-ring (bicyclic) bond motifs is 3.